The molecule has 3 amide bonds. The molecule has 7 heteroatoms. The van der Waals surface area contributed by atoms with Crippen LogP contribution in [0, 0.1) is 5.92 Å². The zero-order chi connectivity index (χ0) is 20.7. The topological polar surface area (TPSA) is 103 Å². The lowest BCUT2D eigenvalue weighted by Crippen LogP contribution is -2.55. The van der Waals surface area contributed by atoms with Crippen molar-refractivity contribution in [1.29, 1.82) is 0 Å². The predicted octanol–water partition coefficient (Wildman–Crippen LogP) is 2.52. The lowest BCUT2D eigenvalue weighted by atomic mass is 9.97. The van der Waals surface area contributed by atoms with E-state index in [-0.39, 0.29) is 17.9 Å². The maximum absolute atomic E-state index is 12.8. The molecule has 0 unspecified atom stereocenters. The van der Waals surface area contributed by atoms with Crippen LogP contribution in [0.4, 0.5) is 4.79 Å². The molecule has 0 saturated carbocycles. The summed E-state index contributed by atoms with van der Waals surface area (Å²) < 4.78 is 0. The van der Waals surface area contributed by atoms with E-state index in [2.05, 4.69) is 20.9 Å². The number of hydrogen-bond acceptors (Lipinski definition) is 3. The Labute approximate surface area is 165 Å². The van der Waals surface area contributed by atoms with E-state index in [0.29, 0.717) is 12.8 Å². The molecule has 0 spiro atoms. The Kier molecular flexibility index (Phi) is 7.61. The molecular formula is C21H30N4O3. The maximum atomic E-state index is 12.8. The first-order chi connectivity index (χ1) is 13.3. The highest BCUT2D eigenvalue weighted by molar-refractivity contribution is 5.89. The summed E-state index contributed by atoms with van der Waals surface area (Å²) in [7, 11) is 0. The summed E-state index contributed by atoms with van der Waals surface area (Å²) >= 11 is 0. The fourth-order valence-corrected chi connectivity index (χ4v) is 3.09. The number of carbonyl (C=O) groups is 3. The van der Waals surface area contributed by atoms with Gasteiger partial charge in [-0.25, -0.2) is 4.79 Å². The molecule has 7 nitrogen and oxygen atoms in total. The molecule has 152 valence electrons. The lowest BCUT2D eigenvalue weighted by molar-refractivity contribution is -0.126. The molecule has 4 N–H and O–H groups in total. The number of carbonyl (C=O) groups excluding carboxylic acids is 3. The average Bonchev–Trinajstić information content (AvgIpc) is 3.07. The van der Waals surface area contributed by atoms with Crippen LogP contribution >= 0.6 is 0 Å². The van der Waals surface area contributed by atoms with Gasteiger partial charge in [0.15, 0.2) is 0 Å². The first kappa shape index (κ1) is 21.5. The van der Waals surface area contributed by atoms with Gasteiger partial charge in [0.2, 0.25) is 5.91 Å². The highest BCUT2D eigenvalue weighted by Gasteiger charge is 2.28. The highest BCUT2D eigenvalue weighted by atomic mass is 16.2. The van der Waals surface area contributed by atoms with E-state index in [9.17, 15) is 14.4 Å². The van der Waals surface area contributed by atoms with E-state index in [0.717, 1.165) is 22.8 Å². The number of urea groups is 1. The monoisotopic (exact) mass is 386 g/mol. The Morgan fingerprint density at radius 1 is 1.11 bits per heavy atom. The summed E-state index contributed by atoms with van der Waals surface area (Å²) in [6, 6.07) is 5.99. The number of aromatic nitrogens is 1. The van der Waals surface area contributed by atoms with Crippen LogP contribution in [0.15, 0.2) is 30.5 Å². The summed E-state index contributed by atoms with van der Waals surface area (Å²) in [5.74, 6) is -0.427. The molecule has 0 aliphatic rings. The van der Waals surface area contributed by atoms with Crippen molar-refractivity contribution in [2.75, 3.05) is 0 Å². The van der Waals surface area contributed by atoms with Crippen molar-refractivity contribution in [2.45, 2.75) is 58.7 Å². The minimum Gasteiger partial charge on any atom is -0.361 e. The summed E-state index contributed by atoms with van der Waals surface area (Å²) in [5.41, 5.74) is 1.94. The number of fused-ring (bicyclic) bond motifs is 1. The van der Waals surface area contributed by atoms with E-state index in [1.807, 2.05) is 58.2 Å². The van der Waals surface area contributed by atoms with Crippen LogP contribution < -0.4 is 16.0 Å². The van der Waals surface area contributed by atoms with Crippen LogP contribution in [0.1, 0.15) is 39.7 Å². The Morgan fingerprint density at radius 2 is 1.82 bits per heavy atom. The molecule has 3 atom stereocenters. The third-order valence-corrected chi connectivity index (χ3v) is 4.81. The van der Waals surface area contributed by atoms with E-state index >= 15 is 0 Å². The molecule has 0 bridgehead atoms. The third kappa shape index (κ3) is 5.58. The number of para-hydroxylation sites is 1. The third-order valence-electron chi connectivity index (χ3n) is 4.81. The van der Waals surface area contributed by atoms with E-state index < -0.39 is 18.1 Å². The smallest absolute Gasteiger partial charge is 0.315 e. The van der Waals surface area contributed by atoms with Gasteiger partial charge in [-0.1, -0.05) is 38.5 Å². The predicted molar refractivity (Wildman–Crippen MR) is 110 cm³/mol. The number of hydrogen-bond donors (Lipinski definition) is 4. The highest BCUT2D eigenvalue weighted by Crippen LogP contribution is 2.19. The van der Waals surface area contributed by atoms with Gasteiger partial charge in [0, 0.05) is 29.6 Å². The fraction of sp³-hybridized carbons (Fsp3) is 0.476. The molecule has 1 aromatic carbocycles. The zero-order valence-electron chi connectivity index (χ0n) is 16.9. The van der Waals surface area contributed by atoms with Crippen LogP contribution in [-0.2, 0) is 16.0 Å². The number of benzene rings is 1. The van der Waals surface area contributed by atoms with E-state index in [1.165, 1.54) is 0 Å². The van der Waals surface area contributed by atoms with Crippen LogP contribution in [0.2, 0.25) is 0 Å². The van der Waals surface area contributed by atoms with Crippen LogP contribution in [0.25, 0.3) is 10.9 Å². The molecule has 2 rings (SSSR count). The van der Waals surface area contributed by atoms with Crippen molar-refractivity contribution < 1.29 is 14.4 Å². The number of amides is 3. The van der Waals surface area contributed by atoms with Crippen molar-refractivity contribution in [2.24, 2.45) is 5.92 Å². The molecule has 0 aliphatic carbocycles. The van der Waals surface area contributed by atoms with Gasteiger partial charge in [-0.3, -0.25) is 4.79 Å². The molecule has 1 heterocycles. The molecule has 0 aliphatic heterocycles. The fourth-order valence-electron chi connectivity index (χ4n) is 3.09. The Hall–Kier alpha value is -2.83. The van der Waals surface area contributed by atoms with Gasteiger partial charge < -0.3 is 25.7 Å². The van der Waals surface area contributed by atoms with Gasteiger partial charge in [0.25, 0.3) is 0 Å². The van der Waals surface area contributed by atoms with Crippen molar-refractivity contribution >= 4 is 29.1 Å². The second-order valence-electron chi connectivity index (χ2n) is 7.45. The maximum Gasteiger partial charge on any atom is 0.315 e. The molecule has 0 saturated heterocycles. The number of aromatic amines is 1. The Balaban J connectivity index is 2.08. The molecule has 2 aromatic rings. The van der Waals surface area contributed by atoms with E-state index in [1.54, 1.807) is 0 Å². The van der Waals surface area contributed by atoms with Crippen molar-refractivity contribution in [3.8, 4) is 0 Å². The normalized spacial score (nSPS) is 14.3. The largest absolute Gasteiger partial charge is 0.361 e. The average molecular weight is 386 g/mol. The molecular weight excluding hydrogens is 356 g/mol. The quantitative estimate of drug-likeness (QED) is 0.498. The van der Waals surface area contributed by atoms with Crippen molar-refractivity contribution in [3.63, 3.8) is 0 Å². The summed E-state index contributed by atoms with van der Waals surface area (Å²) in [5, 5.41) is 9.26. The molecule has 0 radical (unpaired) electrons. The second-order valence-corrected chi connectivity index (χ2v) is 7.45. The van der Waals surface area contributed by atoms with Gasteiger partial charge >= 0.3 is 6.03 Å². The van der Waals surface area contributed by atoms with Crippen molar-refractivity contribution in [1.82, 2.24) is 20.9 Å². The zero-order valence-corrected chi connectivity index (χ0v) is 16.9. The second kappa shape index (κ2) is 9.92. The molecule has 28 heavy (non-hydrogen) atoms. The Morgan fingerprint density at radius 3 is 2.46 bits per heavy atom. The first-order valence-corrected chi connectivity index (χ1v) is 9.73. The Bertz CT molecular complexity index is 815. The SMILES string of the molecule is CC[C@@H](C)[C@H](NC(=O)NC(C)C)C(=O)N[C@@H](C=O)Cc1c[nH]c2ccccc12. The summed E-state index contributed by atoms with van der Waals surface area (Å²) in [4.78, 5) is 39.7. The van der Waals surface area contributed by atoms with Crippen LogP contribution in [-0.4, -0.2) is 41.3 Å². The van der Waals surface area contributed by atoms with Gasteiger partial charge in [-0.15, -0.1) is 0 Å². The van der Waals surface area contributed by atoms with Crippen molar-refractivity contribution in [3.05, 3.63) is 36.0 Å². The lowest BCUT2D eigenvalue weighted by Gasteiger charge is -2.25. The van der Waals surface area contributed by atoms with Gasteiger partial charge in [-0.05, 0) is 31.4 Å². The van der Waals surface area contributed by atoms with Gasteiger partial charge in [0.05, 0.1) is 6.04 Å². The standard InChI is InChI=1S/C21H30N4O3/c1-5-14(4)19(25-21(28)23-13(2)3)20(27)24-16(12-26)10-15-11-22-18-9-7-6-8-17(15)18/h6-9,11-14,16,19,22H,5,10H2,1-4H3,(H,24,27)(H2,23,25,28)/t14-,16-,19+/m1/s1. The van der Waals surface area contributed by atoms with Gasteiger partial charge in [-0.2, -0.15) is 0 Å². The van der Waals surface area contributed by atoms with Crippen LogP contribution in [0.3, 0.4) is 0 Å². The number of H-pyrrole nitrogens is 1. The molecule has 1 aromatic heterocycles. The first-order valence-electron chi connectivity index (χ1n) is 9.73. The van der Waals surface area contributed by atoms with Gasteiger partial charge in [0.1, 0.15) is 12.3 Å². The van der Waals surface area contributed by atoms with Crippen LogP contribution in [0.5, 0.6) is 0 Å². The minimum atomic E-state index is -0.714. The number of nitrogens with one attached hydrogen (secondary N) is 4. The number of rotatable bonds is 9. The number of aldehydes is 1. The van der Waals surface area contributed by atoms with E-state index in [4.69, 9.17) is 0 Å². The summed E-state index contributed by atoms with van der Waals surface area (Å²) in [6.07, 6.45) is 3.69. The summed E-state index contributed by atoms with van der Waals surface area (Å²) in [6.45, 7) is 7.55. The minimum absolute atomic E-state index is 0.0368. The molecule has 0 fully saturated rings.